The average molecular weight is 283 g/mol. The minimum absolute atomic E-state index is 0.213. The summed E-state index contributed by atoms with van der Waals surface area (Å²) in [4.78, 5) is 25.7. The third-order valence-corrected chi connectivity index (χ3v) is 2.66. The molecule has 2 amide bonds. The molecule has 1 aromatic rings. The van der Waals surface area contributed by atoms with Crippen molar-refractivity contribution >= 4 is 12.0 Å². The van der Waals surface area contributed by atoms with E-state index in [1.807, 2.05) is 0 Å². The topological polar surface area (TPSA) is 109 Å². The average Bonchev–Trinajstić information content (AvgIpc) is 2.81. The van der Waals surface area contributed by atoms with Gasteiger partial charge in [0.15, 0.2) is 5.82 Å². The van der Waals surface area contributed by atoms with E-state index in [0.717, 1.165) is 19.3 Å². The standard InChI is InChI=1S/C12H21N5O3/c1-17-9-15-10(16-17)8-14-12(20)13-7-5-3-2-4-6-11(18)19/h9H,2-8H2,1H3,(H,18,19)(H2,13,14,20). The molecule has 0 bridgehead atoms. The second kappa shape index (κ2) is 8.89. The van der Waals surface area contributed by atoms with Crippen molar-refractivity contribution in [3.8, 4) is 0 Å². The van der Waals surface area contributed by atoms with E-state index in [4.69, 9.17) is 5.11 Å². The maximum absolute atomic E-state index is 11.4. The van der Waals surface area contributed by atoms with Gasteiger partial charge in [0, 0.05) is 20.0 Å². The van der Waals surface area contributed by atoms with Crippen LogP contribution in [-0.4, -0.2) is 38.4 Å². The molecule has 0 aromatic carbocycles. The number of amides is 2. The fourth-order valence-corrected chi connectivity index (χ4v) is 1.64. The quantitative estimate of drug-likeness (QED) is 0.576. The van der Waals surface area contributed by atoms with Crippen LogP contribution in [0.1, 0.15) is 37.9 Å². The highest BCUT2D eigenvalue weighted by Gasteiger charge is 2.02. The molecule has 8 heteroatoms. The van der Waals surface area contributed by atoms with E-state index in [2.05, 4.69) is 20.7 Å². The molecule has 20 heavy (non-hydrogen) atoms. The first-order chi connectivity index (χ1) is 9.58. The molecule has 0 aliphatic rings. The van der Waals surface area contributed by atoms with Gasteiger partial charge in [-0.2, -0.15) is 5.10 Å². The van der Waals surface area contributed by atoms with Crippen LogP contribution in [0.2, 0.25) is 0 Å². The smallest absolute Gasteiger partial charge is 0.315 e. The number of aliphatic carboxylic acids is 1. The number of aryl methyl sites for hydroxylation is 1. The summed E-state index contributed by atoms with van der Waals surface area (Å²) in [5, 5.41) is 17.9. The number of urea groups is 1. The lowest BCUT2D eigenvalue weighted by atomic mass is 10.1. The molecule has 0 aliphatic carbocycles. The normalized spacial score (nSPS) is 10.2. The van der Waals surface area contributed by atoms with Crippen LogP contribution in [-0.2, 0) is 18.4 Å². The molecule has 0 saturated carbocycles. The highest BCUT2D eigenvalue weighted by molar-refractivity contribution is 5.73. The van der Waals surface area contributed by atoms with Crippen LogP contribution in [0.5, 0.6) is 0 Å². The minimum atomic E-state index is -0.759. The van der Waals surface area contributed by atoms with Gasteiger partial charge in [-0.1, -0.05) is 12.8 Å². The van der Waals surface area contributed by atoms with Crippen LogP contribution in [0, 0.1) is 0 Å². The zero-order valence-electron chi connectivity index (χ0n) is 11.6. The van der Waals surface area contributed by atoms with Gasteiger partial charge < -0.3 is 15.7 Å². The van der Waals surface area contributed by atoms with E-state index < -0.39 is 5.97 Å². The Kier molecular flexibility index (Phi) is 7.08. The number of hydrogen-bond acceptors (Lipinski definition) is 4. The number of carboxylic acid groups (broad SMARTS) is 1. The predicted molar refractivity (Wildman–Crippen MR) is 72.0 cm³/mol. The molecular formula is C12H21N5O3. The van der Waals surface area contributed by atoms with Gasteiger partial charge in [-0.3, -0.25) is 9.48 Å². The number of nitrogens with zero attached hydrogens (tertiary/aromatic N) is 3. The van der Waals surface area contributed by atoms with Crippen molar-refractivity contribution in [1.82, 2.24) is 25.4 Å². The molecule has 3 N–H and O–H groups in total. The number of aromatic nitrogens is 3. The Morgan fingerprint density at radius 1 is 1.25 bits per heavy atom. The lowest BCUT2D eigenvalue weighted by Crippen LogP contribution is -2.35. The van der Waals surface area contributed by atoms with Gasteiger partial charge in [0.05, 0.1) is 6.54 Å². The third-order valence-electron chi connectivity index (χ3n) is 2.66. The molecule has 0 spiro atoms. The van der Waals surface area contributed by atoms with Crippen LogP contribution in [0.15, 0.2) is 6.33 Å². The first kappa shape index (κ1) is 15.9. The zero-order chi connectivity index (χ0) is 14.8. The van der Waals surface area contributed by atoms with Crippen LogP contribution < -0.4 is 10.6 Å². The van der Waals surface area contributed by atoms with Crippen molar-refractivity contribution in [1.29, 1.82) is 0 Å². The summed E-state index contributed by atoms with van der Waals surface area (Å²) < 4.78 is 1.58. The summed E-state index contributed by atoms with van der Waals surface area (Å²) in [7, 11) is 1.76. The SMILES string of the molecule is Cn1cnc(CNC(=O)NCCCCCCC(=O)O)n1. The first-order valence-electron chi connectivity index (χ1n) is 6.66. The summed E-state index contributed by atoms with van der Waals surface area (Å²) in [6, 6.07) is -0.247. The predicted octanol–water partition coefficient (Wildman–Crippen LogP) is 0.649. The molecule has 0 radical (unpaired) electrons. The number of hydrogen-bond donors (Lipinski definition) is 3. The van der Waals surface area contributed by atoms with Crippen molar-refractivity contribution in [3.05, 3.63) is 12.2 Å². The molecule has 1 aromatic heterocycles. The summed E-state index contributed by atoms with van der Waals surface area (Å²) in [6.45, 7) is 0.875. The van der Waals surface area contributed by atoms with Gasteiger partial charge in [-0.25, -0.2) is 9.78 Å². The Balaban J connectivity index is 1.96. The number of unbranched alkanes of at least 4 members (excludes halogenated alkanes) is 3. The Morgan fingerprint density at radius 3 is 2.65 bits per heavy atom. The lowest BCUT2D eigenvalue weighted by molar-refractivity contribution is -0.137. The third kappa shape index (κ3) is 7.34. The van der Waals surface area contributed by atoms with Crippen molar-refractivity contribution in [2.75, 3.05) is 6.54 Å². The Bertz CT molecular complexity index is 432. The number of nitrogens with one attached hydrogen (secondary N) is 2. The Hall–Kier alpha value is -2.12. The van der Waals surface area contributed by atoms with Gasteiger partial charge in [0.2, 0.25) is 0 Å². The maximum Gasteiger partial charge on any atom is 0.315 e. The van der Waals surface area contributed by atoms with Gasteiger partial charge in [-0.05, 0) is 12.8 Å². The number of carbonyl (C=O) groups is 2. The number of rotatable bonds is 9. The van der Waals surface area contributed by atoms with Crippen LogP contribution in [0.25, 0.3) is 0 Å². The van der Waals surface area contributed by atoms with Crippen molar-refractivity contribution in [3.63, 3.8) is 0 Å². The summed E-state index contributed by atoms with van der Waals surface area (Å²) in [5.74, 6) is -0.193. The van der Waals surface area contributed by atoms with Gasteiger partial charge in [0.25, 0.3) is 0 Å². The molecular weight excluding hydrogens is 262 g/mol. The molecule has 0 saturated heterocycles. The highest BCUT2D eigenvalue weighted by Crippen LogP contribution is 2.02. The van der Waals surface area contributed by atoms with E-state index >= 15 is 0 Å². The monoisotopic (exact) mass is 283 g/mol. The van der Waals surface area contributed by atoms with Crippen LogP contribution in [0.4, 0.5) is 4.79 Å². The van der Waals surface area contributed by atoms with Crippen molar-refractivity contribution in [2.24, 2.45) is 7.05 Å². The number of carbonyl (C=O) groups excluding carboxylic acids is 1. The summed E-state index contributed by atoms with van der Waals surface area (Å²) >= 11 is 0. The van der Waals surface area contributed by atoms with Gasteiger partial charge >= 0.3 is 12.0 Å². The minimum Gasteiger partial charge on any atom is -0.481 e. The molecule has 112 valence electrons. The second-order valence-corrected chi connectivity index (χ2v) is 4.50. The molecule has 8 nitrogen and oxygen atoms in total. The van der Waals surface area contributed by atoms with E-state index in [0.29, 0.717) is 25.3 Å². The fourth-order valence-electron chi connectivity index (χ4n) is 1.64. The Labute approximate surface area is 117 Å². The molecule has 0 fully saturated rings. The first-order valence-corrected chi connectivity index (χ1v) is 6.66. The van der Waals surface area contributed by atoms with Crippen molar-refractivity contribution in [2.45, 2.75) is 38.6 Å². The van der Waals surface area contributed by atoms with Gasteiger partial charge in [-0.15, -0.1) is 0 Å². The highest BCUT2D eigenvalue weighted by atomic mass is 16.4. The zero-order valence-corrected chi connectivity index (χ0v) is 11.6. The van der Waals surface area contributed by atoms with E-state index in [-0.39, 0.29) is 12.5 Å². The van der Waals surface area contributed by atoms with Crippen LogP contribution >= 0.6 is 0 Å². The maximum atomic E-state index is 11.4. The molecule has 1 heterocycles. The van der Waals surface area contributed by atoms with Crippen molar-refractivity contribution < 1.29 is 14.7 Å². The van der Waals surface area contributed by atoms with Crippen LogP contribution in [0.3, 0.4) is 0 Å². The molecule has 0 unspecified atom stereocenters. The largest absolute Gasteiger partial charge is 0.481 e. The Morgan fingerprint density at radius 2 is 2.00 bits per heavy atom. The summed E-state index contributed by atoms with van der Waals surface area (Å²) in [5.41, 5.74) is 0. The number of carboxylic acids is 1. The fraction of sp³-hybridized carbons (Fsp3) is 0.667. The van der Waals surface area contributed by atoms with E-state index in [1.165, 1.54) is 0 Å². The molecule has 1 rings (SSSR count). The molecule has 0 atom stereocenters. The van der Waals surface area contributed by atoms with E-state index in [9.17, 15) is 9.59 Å². The lowest BCUT2D eigenvalue weighted by Gasteiger charge is -2.05. The molecule has 0 aliphatic heterocycles. The summed E-state index contributed by atoms with van der Waals surface area (Å²) in [6.07, 6.45) is 5.10. The van der Waals surface area contributed by atoms with Gasteiger partial charge in [0.1, 0.15) is 6.33 Å². The van der Waals surface area contributed by atoms with E-state index in [1.54, 1.807) is 18.1 Å². The second-order valence-electron chi connectivity index (χ2n) is 4.50.